The maximum atomic E-state index is 13.6. The fourth-order valence-electron chi connectivity index (χ4n) is 10.3. The van der Waals surface area contributed by atoms with E-state index in [4.69, 9.17) is 5.10 Å². The molecule has 2 aromatic carbocycles. The van der Waals surface area contributed by atoms with Crippen molar-refractivity contribution in [1.82, 2.24) is 29.9 Å². The summed E-state index contributed by atoms with van der Waals surface area (Å²) >= 11 is 0. The SMILES string of the molecule is CC(C)(O)c1cc2nn([C@H]3CC[C@H](CN4CCC5(CC4)CC(Nc4cccc6c4C(=O)N(C4CCC(=O)NC4=O)C6=O)C5)CC3)cc2cc1NC(=O)c1cccc(C(F)(F)F)n1. The molecule has 5 heterocycles. The number of aliphatic hydroxyl groups is 1. The van der Waals surface area contributed by atoms with Gasteiger partial charge >= 0.3 is 6.18 Å². The van der Waals surface area contributed by atoms with Gasteiger partial charge < -0.3 is 20.6 Å². The number of halogens is 3. The Labute approximate surface area is 355 Å². The smallest absolute Gasteiger partial charge is 0.386 e. The number of benzene rings is 2. The highest BCUT2D eigenvalue weighted by Gasteiger charge is 2.49. The van der Waals surface area contributed by atoms with Gasteiger partial charge in [-0.15, -0.1) is 0 Å². The lowest BCUT2D eigenvalue weighted by molar-refractivity contribution is -0.141. The fourth-order valence-corrected chi connectivity index (χ4v) is 10.3. The molecule has 326 valence electrons. The Bertz CT molecular complexity index is 2470. The van der Waals surface area contributed by atoms with E-state index in [1.807, 2.05) is 16.9 Å². The van der Waals surface area contributed by atoms with E-state index in [-0.39, 0.29) is 41.6 Å². The molecule has 2 aliphatic carbocycles. The van der Waals surface area contributed by atoms with Gasteiger partial charge in [0.15, 0.2) is 0 Å². The lowest BCUT2D eigenvalue weighted by Crippen LogP contribution is -2.54. The quantitative estimate of drug-likeness (QED) is 0.137. The maximum Gasteiger partial charge on any atom is 0.433 e. The van der Waals surface area contributed by atoms with Crippen LogP contribution < -0.4 is 16.0 Å². The van der Waals surface area contributed by atoms with Gasteiger partial charge in [-0.1, -0.05) is 12.1 Å². The molecule has 5 amide bonds. The summed E-state index contributed by atoms with van der Waals surface area (Å²) in [4.78, 5) is 71.2. The molecule has 4 fully saturated rings. The molecular formula is C45H49F3N8O6. The second-order valence-electron chi connectivity index (χ2n) is 18.4. The number of aromatic nitrogens is 3. The van der Waals surface area contributed by atoms with E-state index in [0.717, 1.165) is 93.4 Å². The topological polar surface area (TPSA) is 179 Å². The zero-order valence-electron chi connectivity index (χ0n) is 34.6. The third-order valence-electron chi connectivity index (χ3n) is 13.7. The van der Waals surface area contributed by atoms with Crippen LogP contribution in [0.5, 0.6) is 0 Å². The first-order valence-electron chi connectivity index (χ1n) is 21.4. The monoisotopic (exact) mass is 854 g/mol. The number of amides is 5. The van der Waals surface area contributed by atoms with Gasteiger partial charge in [0.2, 0.25) is 11.8 Å². The number of piperidine rings is 2. The first-order valence-corrected chi connectivity index (χ1v) is 21.4. The van der Waals surface area contributed by atoms with Crippen molar-refractivity contribution in [2.75, 3.05) is 30.3 Å². The first-order chi connectivity index (χ1) is 29.4. The highest BCUT2D eigenvalue weighted by Crippen LogP contribution is 2.51. The van der Waals surface area contributed by atoms with Crippen LogP contribution >= 0.6 is 0 Å². The minimum absolute atomic E-state index is 0.0724. The Hall–Kier alpha value is -5.68. The molecule has 17 heteroatoms. The van der Waals surface area contributed by atoms with Crippen LogP contribution in [0.15, 0.2) is 54.7 Å². The van der Waals surface area contributed by atoms with Crippen molar-refractivity contribution in [1.29, 1.82) is 0 Å². The molecule has 62 heavy (non-hydrogen) atoms. The van der Waals surface area contributed by atoms with Crippen LogP contribution in [0.2, 0.25) is 0 Å². The van der Waals surface area contributed by atoms with Crippen LogP contribution in [0.1, 0.15) is 127 Å². The summed E-state index contributed by atoms with van der Waals surface area (Å²) in [6, 6.07) is 11.1. The number of carbonyl (C=O) groups is 5. The number of hydrogen-bond acceptors (Lipinski definition) is 10. The molecule has 2 saturated heterocycles. The van der Waals surface area contributed by atoms with Crippen LogP contribution in [0.3, 0.4) is 0 Å². The van der Waals surface area contributed by atoms with Crippen molar-refractivity contribution < 1.29 is 42.3 Å². The number of likely N-dealkylation sites (tertiary alicyclic amines) is 1. The molecule has 0 bridgehead atoms. The number of nitrogens with one attached hydrogen (secondary N) is 3. The highest BCUT2D eigenvalue weighted by atomic mass is 19.4. The van der Waals surface area contributed by atoms with E-state index >= 15 is 0 Å². The first kappa shape index (κ1) is 41.7. The van der Waals surface area contributed by atoms with Crippen LogP contribution in [0.4, 0.5) is 24.5 Å². The number of pyridine rings is 1. The van der Waals surface area contributed by atoms with Gasteiger partial charge in [0.25, 0.3) is 17.7 Å². The standard InChI is InChI=1S/C45H49F3N8O6/c1-43(2,62)30-20-33-26(19-34(30)51-39(58)32-7-4-8-36(50-32)45(46,47)48)24-55(53-33)28-11-9-25(10-12-28)23-54-17-15-44(16-18-54)21-27(22-44)49-31-6-3-5-29-38(31)42(61)56(41(29)60)35-13-14-37(57)52-40(35)59/h3-8,19-20,24-25,27-28,35,49,62H,9-18,21-23H2,1-2H3,(H,51,58)(H,52,57,59)/t25-,28-,35?. The Morgan fingerprint density at radius 2 is 1.66 bits per heavy atom. The van der Waals surface area contributed by atoms with Crippen molar-refractivity contribution in [2.45, 2.75) is 108 Å². The summed E-state index contributed by atoms with van der Waals surface area (Å²) in [5, 5.41) is 25.1. The zero-order chi connectivity index (χ0) is 43.7. The molecule has 0 radical (unpaired) electrons. The second-order valence-corrected chi connectivity index (χ2v) is 18.4. The maximum absolute atomic E-state index is 13.6. The third-order valence-corrected chi connectivity index (χ3v) is 13.7. The minimum Gasteiger partial charge on any atom is -0.386 e. The molecule has 5 aliphatic rings. The molecule has 2 aromatic heterocycles. The van der Waals surface area contributed by atoms with Crippen molar-refractivity contribution in [3.05, 3.63) is 82.8 Å². The fraction of sp³-hybridized carbons (Fsp3) is 0.489. The van der Waals surface area contributed by atoms with E-state index in [1.165, 1.54) is 6.07 Å². The number of hydrogen-bond donors (Lipinski definition) is 4. The minimum atomic E-state index is -4.70. The Morgan fingerprint density at radius 3 is 2.35 bits per heavy atom. The van der Waals surface area contributed by atoms with Crippen LogP contribution in [0, 0.1) is 11.3 Å². The summed E-state index contributed by atoms with van der Waals surface area (Å²) in [6.07, 6.45) is 5.58. The van der Waals surface area contributed by atoms with Gasteiger partial charge in [-0.3, -0.25) is 38.9 Å². The molecule has 1 unspecified atom stereocenters. The molecule has 14 nitrogen and oxygen atoms in total. The highest BCUT2D eigenvalue weighted by molar-refractivity contribution is 6.25. The van der Waals surface area contributed by atoms with E-state index in [9.17, 15) is 42.3 Å². The molecule has 1 spiro atoms. The Kier molecular flexibility index (Phi) is 10.5. The molecular weight excluding hydrogens is 806 g/mol. The number of rotatable bonds is 9. The molecule has 4 N–H and O–H groups in total. The number of fused-ring (bicyclic) bond motifs is 2. The zero-order valence-corrected chi connectivity index (χ0v) is 34.6. The lowest BCUT2D eigenvalue weighted by atomic mass is 9.60. The normalized spacial score (nSPS) is 23.4. The number of anilines is 2. The second kappa shape index (κ2) is 15.6. The Morgan fingerprint density at radius 1 is 0.935 bits per heavy atom. The average Bonchev–Trinajstić information content (AvgIpc) is 3.75. The van der Waals surface area contributed by atoms with Crippen molar-refractivity contribution >= 4 is 51.8 Å². The van der Waals surface area contributed by atoms with Gasteiger partial charge in [0.05, 0.1) is 28.3 Å². The van der Waals surface area contributed by atoms with Crippen LogP contribution in [-0.4, -0.2) is 90.9 Å². The van der Waals surface area contributed by atoms with Crippen LogP contribution in [-0.2, 0) is 21.4 Å². The van der Waals surface area contributed by atoms with Gasteiger partial charge in [0.1, 0.15) is 17.4 Å². The summed E-state index contributed by atoms with van der Waals surface area (Å²) in [5.41, 5.74) is -0.241. The number of alkyl halides is 3. The lowest BCUT2D eigenvalue weighted by Gasteiger charge is -2.53. The van der Waals surface area contributed by atoms with E-state index in [0.29, 0.717) is 28.2 Å². The summed E-state index contributed by atoms with van der Waals surface area (Å²) in [7, 11) is 0. The van der Waals surface area contributed by atoms with Crippen molar-refractivity contribution in [2.24, 2.45) is 11.3 Å². The number of nitrogens with zero attached hydrogens (tertiary/aromatic N) is 5. The van der Waals surface area contributed by atoms with Gasteiger partial charge in [0, 0.05) is 47.5 Å². The van der Waals surface area contributed by atoms with Crippen LogP contribution in [0.25, 0.3) is 10.9 Å². The molecule has 1 atom stereocenters. The largest absolute Gasteiger partial charge is 0.433 e. The summed E-state index contributed by atoms with van der Waals surface area (Å²) in [5.74, 6) is -2.30. The van der Waals surface area contributed by atoms with Gasteiger partial charge in [-0.05, 0) is 132 Å². The van der Waals surface area contributed by atoms with Gasteiger partial charge in [-0.25, -0.2) is 4.98 Å². The van der Waals surface area contributed by atoms with E-state index < -0.39 is 58.7 Å². The molecule has 4 aromatic rings. The summed E-state index contributed by atoms with van der Waals surface area (Å²) < 4.78 is 41.8. The number of carbonyl (C=O) groups excluding carboxylic acids is 5. The molecule has 9 rings (SSSR count). The Balaban J connectivity index is 0.766. The molecule has 3 aliphatic heterocycles. The molecule has 2 saturated carbocycles. The van der Waals surface area contributed by atoms with Crippen molar-refractivity contribution in [3.8, 4) is 0 Å². The van der Waals surface area contributed by atoms with E-state index in [2.05, 4.69) is 25.8 Å². The average molecular weight is 855 g/mol. The van der Waals surface area contributed by atoms with Crippen molar-refractivity contribution in [3.63, 3.8) is 0 Å². The van der Waals surface area contributed by atoms with Gasteiger partial charge in [-0.2, -0.15) is 18.3 Å². The number of imide groups is 2. The predicted octanol–water partition coefficient (Wildman–Crippen LogP) is 6.42. The summed E-state index contributed by atoms with van der Waals surface area (Å²) in [6.45, 7) is 6.23. The predicted molar refractivity (Wildman–Crippen MR) is 221 cm³/mol. The third kappa shape index (κ3) is 7.96. The van der Waals surface area contributed by atoms with E-state index in [1.54, 1.807) is 38.1 Å².